The molecule has 0 bridgehead atoms. The second-order valence-electron chi connectivity index (χ2n) is 3.01. The number of ether oxygens (including phenoxy) is 2. The van der Waals surface area contributed by atoms with Gasteiger partial charge in [-0.25, -0.2) is 0 Å². The largest absolute Gasteiger partial charge is 0.497 e. The van der Waals surface area contributed by atoms with E-state index in [0.29, 0.717) is 19.8 Å². The van der Waals surface area contributed by atoms with E-state index < -0.39 is 0 Å². The van der Waals surface area contributed by atoms with Gasteiger partial charge in [0.05, 0.1) is 20.3 Å². The van der Waals surface area contributed by atoms with Gasteiger partial charge < -0.3 is 9.47 Å². The number of nitrogens with one attached hydrogen (secondary N) is 1. The molecule has 0 aliphatic carbocycles. The van der Waals surface area contributed by atoms with Gasteiger partial charge in [-0.1, -0.05) is 12.1 Å². The lowest BCUT2D eigenvalue weighted by Gasteiger charge is -2.06. The van der Waals surface area contributed by atoms with Crippen molar-refractivity contribution in [3.05, 3.63) is 29.8 Å². The fraction of sp³-hybridized carbons (Fsp3) is 0.455. The summed E-state index contributed by atoms with van der Waals surface area (Å²) >= 11 is 0. The van der Waals surface area contributed by atoms with E-state index in [4.69, 9.17) is 14.3 Å². The predicted molar refractivity (Wildman–Crippen MR) is 57.7 cm³/mol. The molecule has 0 heterocycles. The molecule has 0 amide bonds. The first-order valence-corrected chi connectivity index (χ1v) is 4.83. The van der Waals surface area contributed by atoms with Gasteiger partial charge in [0, 0.05) is 13.7 Å². The van der Waals surface area contributed by atoms with Gasteiger partial charge in [0.15, 0.2) is 0 Å². The fourth-order valence-corrected chi connectivity index (χ4v) is 1.11. The zero-order chi connectivity index (χ0) is 10.9. The summed E-state index contributed by atoms with van der Waals surface area (Å²) in [5, 5.41) is 0. The monoisotopic (exact) mass is 211 g/mol. The molecule has 84 valence electrons. The quantitative estimate of drug-likeness (QED) is 0.546. The first kappa shape index (κ1) is 12.0. The van der Waals surface area contributed by atoms with Gasteiger partial charge in [0.25, 0.3) is 0 Å². The highest BCUT2D eigenvalue weighted by Gasteiger charge is 1.95. The smallest absolute Gasteiger partial charge is 0.119 e. The molecule has 0 radical (unpaired) electrons. The molecule has 1 aromatic rings. The van der Waals surface area contributed by atoms with E-state index >= 15 is 0 Å². The van der Waals surface area contributed by atoms with Crippen LogP contribution in [0.5, 0.6) is 5.75 Å². The third-order valence-electron chi connectivity index (χ3n) is 1.90. The van der Waals surface area contributed by atoms with E-state index in [1.165, 1.54) is 0 Å². The minimum absolute atomic E-state index is 0.542. The Labute approximate surface area is 90.1 Å². The zero-order valence-corrected chi connectivity index (χ0v) is 9.16. The normalized spacial score (nSPS) is 10.3. The molecule has 4 nitrogen and oxygen atoms in total. The van der Waals surface area contributed by atoms with Gasteiger partial charge in [-0.05, 0) is 17.7 Å². The minimum Gasteiger partial charge on any atom is -0.497 e. The van der Waals surface area contributed by atoms with Crippen molar-refractivity contribution in [2.45, 2.75) is 6.54 Å². The molecule has 0 saturated carbocycles. The van der Waals surface area contributed by atoms with Crippen LogP contribution in [-0.4, -0.2) is 27.4 Å². The number of rotatable bonds is 7. The van der Waals surface area contributed by atoms with E-state index in [9.17, 15) is 0 Å². The standard InChI is InChI=1S/C11H17NO3/c1-13-6-7-15-12-9-10-4-3-5-11(8-10)14-2/h3-5,8,12H,6-7,9H2,1-2H3. The van der Waals surface area contributed by atoms with Gasteiger partial charge in [-0.3, -0.25) is 4.84 Å². The van der Waals surface area contributed by atoms with Crippen molar-refractivity contribution in [3.63, 3.8) is 0 Å². The maximum Gasteiger partial charge on any atom is 0.119 e. The highest BCUT2D eigenvalue weighted by atomic mass is 16.7. The molecule has 15 heavy (non-hydrogen) atoms. The number of hydrogen-bond donors (Lipinski definition) is 1. The molecule has 0 unspecified atom stereocenters. The Morgan fingerprint density at radius 1 is 1.20 bits per heavy atom. The first-order valence-electron chi connectivity index (χ1n) is 4.83. The average molecular weight is 211 g/mol. The van der Waals surface area contributed by atoms with Gasteiger partial charge in [0.1, 0.15) is 5.75 Å². The summed E-state index contributed by atoms with van der Waals surface area (Å²) in [4.78, 5) is 5.14. The summed E-state index contributed by atoms with van der Waals surface area (Å²) in [6.07, 6.45) is 0. The lowest BCUT2D eigenvalue weighted by molar-refractivity contribution is 0.00345. The highest BCUT2D eigenvalue weighted by molar-refractivity contribution is 5.28. The number of methoxy groups -OCH3 is 2. The zero-order valence-electron chi connectivity index (χ0n) is 9.16. The first-order chi connectivity index (χ1) is 7.36. The predicted octanol–water partition coefficient (Wildman–Crippen LogP) is 1.36. The van der Waals surface area contributed by atoms with E-state index in [0.717, 1.165) is 11.3 Å². The Hall–Kier alpha value is -1.10. The van der Waals surface area contributed by atoms with E-state index in [2.05, 4.69) is 5.48 Å². The molecule has 0 atom stereocenters. The van der Waals surface area contributed by atoms with Crippen LogP contribution in [0, 0.1) is 0 Å². The second-order valence-corrected chi connectivity index (χ2v) is 3.01. The summed E-state index contributed by atoms with van der Waals surface area (Å²) in [5.41, 5.74) is 3.97. The van der Waals surface area contributed by atoms with Crippen molar-refractivity contribution < 1.29 is 14.3 Å². The SMILES string of the molecule is COCCONCc1cccc(OC)c1. The van der Waals surface area contributed by atoms with Crippen LogP contribution < -0.4 is 10.2 Å². The number of hydroxylamine groups is 1. The van der Waals surface area contributed by atoms with Crippen molar-refractivity contribution in [1.29, 1.82) is 0 Å². The van der Waals surface area contributed by atoms with Crippen molar-refractivity contribution in [2.24, 2.45) is 0 Å². The van der Waals surface area contributed by atoms with Crippen molar-refractivity contribution in [1.82, 2.24) is 5.48 Å². The van der Waals surface area contributed by atoms with Crippen LogP contribution in [-0.2, 0) is 16.1 Å². The second kappa shape index (κ2) is 7.23. The molecular formula is C11H17NO3. The summed E-state index contributed by atoms with van der Waals surface area (Å²) in [6.45, 7) is 1.78. The Balaban J connectivity index is 2.24. The Bertz CT molecular complexity index is 278. The van der Waals surface area contributed by atoms with Gasteiger partial charge >= 0.3 is 0 Å². The number of hydrogen-bond acceptors (Lipinski definition) is 4. The Kier molecular flexibility index (Phi) is 5.77. The van der Waals surface area contributed by atoms with Crippen LogP contribution in [0.15, 0.2) is 24.3 Å². The average Bonchev–Trinajstić information content (AvgIpc) is 2.29. The van der Waals surface area contributed by atoms with Gasteiger partial charge in [-0.15, -0.1) is 0 Å². The molecule has 1 N–H and O–H groups in total. The molecule has 0 fully saturated rings. The third-order valence-corrected chi connectivity index (χ3v) is 1.90. The minimum atomic E-state index is 0.542. The lowest BCUT2D eigenvalue weighted by Crippen LogP contribution is -2.17. The molecular weight excluding hydrogens is 194 g/mol. The highest BCUT2D eigenvalue weighted by Crippen LogP contribution is 2.11. The molecule has 4 heteroatoms. The van der Waals surface area contributed by atoms with Crippen molar-refractivity contribution >= 4 is 0 Å². The van der Waals surface area contributed by atoms with Crippen LogP contribution in [0.2, 0.25) is 0 Å². The van der Waals surface area contributed by atoms with E-state index in [1.54, 1.807) is 14.2 Å². The van der Waals surface area contributed by atoms with Crippen LogP contribution in [0.3, 0.4) is 0 Å². The topological polar surface area (TPSA) is 39.7 Å². The van der Waals surface area contributed by atoms with Gasteiger partial charge in [-0.2, -0.15) is 5.48 Å². The Morgan fingerprint density at radius 3 is 2.80 bits per heavy atom. The van der Waals surface area contributed by atoms with Crippen molar-refractivity contribution in [2.75, 3.05) is 27.4 Å². The lowest BCUT2D eigenvalue weighted by atomic mass is 10.2. The summed E-state index contributed by atoms with van der Waals surface area (Å²) in [6, 6.07) is 7.84. The summed E-state index contributed by atoms with van der Waals surface area (Å²) in [5.74, 6) is 0.853. The summed E-state index contributed by atoms with van der Waals surface area (Å²) < 4.78 is 9.96. The molecule has 0 spiro atoms. The van der Waals surface area contributed by atoms with E-state index in [1.807, 2.05) is 24.3 Å². The Morgan fingerprint density at radius 2 is 2.07 bits per heavy atom. The molecule has 0 aliphatic heterocycles. The molecule has 0 aromatic heterocycles. The van der Waals surface area contributed by atoms with Crippen LogP contribution >= 0.6 is 0 Å². The van der Waals surface area contributed by atoms with Crippen LogP contribution in [0.25, 0.3) is 0 Å². The van der Waals surface area contributed by atoms with Crippen LogP contribution in [0.1, 0.15) is 5.56 Å². The molecule has 1 rings (SSSR count). The maximum absolute atomic E-state index is 5.14. The summed E-state index contributed by atoms with van der Waals surface area (Å²) in [7, 11) is 3.30. The molecule has 0 aliphatic rings. The third kappa shape index (κ3) is 4.78. The molecule has 1 aromatic carbocycles. The number of benzene rings is 1. The molecule has 0 saturated heterocycles. The van der Waals surface area contributed by atoms with Crippen LogP contribution in [0.4, 0.5) is 0 Å². The maximum atomic E-state index is 5.14. The van der Waals surface area contributed by atoms with Crippen molar-refractivity contribution in [3.8, 4) is 5.75 Å². The fourth-order valence-electron chi connectivity index (χ4n) is 1.11. The van der Waals surface area contributed by atoms with Gasteiger partial charge in [0.2, 0.25) is 0 Å². The van der Waals surface area contributed by atoms with E-state index in [-0.39, 0.29) is 0 Å².